The molecule has 2 saturated heterocycles. The van der Waals surface area contributed by atoms with Gasteiger partial charge in [0.25, 0.3) is 0 Å². The Labute approximate surface area is 326 Å². The number of benzene rings is 2. The molecular formula is C41H52N8O7. The van der Waals surface area contributed by atoms with Crippen molar-refractivity contribution in [2.24, 2.45) is 16.8 Å². The molecule has 15 heteroatoms. The van der Waals surface area contributed by atoms with Crippen molar-refractivity contribution >= 4 is 29.8 Å². The van der Waals surface area contributed by atoms with Gasteiger partial charge in [0.1, 0.15) is 35.2 Å². The van der Waals surface area contributed by atoms with Crippen molar-refractivity contribution < 1.29 is 33.4 Å². The van der Waals surface area contributed by atoms with Crippen LogP contribution in [0.4, 0.5) is 9.59 Å². The van der Waals surface area contributed by atoms with Crippen molar-refractivity contribution in [3.8, 4) is 22.8 Å². The standard InChI is InChI=1S/C41H52N8O7/c1-22(2)34(46-40(52)54-5)38(50)48-15-7-9-30(48)36-42-20-28(44-36)24-13-14-32-27(17-24)18-26-12-11-25(19-33(26)56-32)29-21-43-37(45-29)31-10-8-16-49(31)39(51)35(23(3)4)47-41(53)55-6/h11-14,17,19,21-23,28,30-31,34-35H,7-10,15-16,18,20H2,1-6H3,(H,42,44)(H,43,45)(H,46,52)(H,47,53)/t28?,30-,31-,34-,35-/m0/s1. The fraction of sp³-hybridized carbons (Fsp3) is 0.512. The van der Waals surface area contributed by atoms with Crippen LogP contribution in [0.15, 0.2) is 47.6 Å². The Bertz CT molecular complexity index is 2010. The molecule has 1 unspecified atom stereocenters. The number of H-pyrrole nitrogens is 1. The molecule has 0 bridgehead atoms. The summed E-state index contributed by atoms with van der Waals surface area (Å²) in [6, 6.07) is 10.6. The first kappa shape index (κ1) is 38.7. The van der Waals surface area contributed by atoms with Gasteiger partial charge in [0.2, 0.25) is 11.8 Å². The SMILES string of the molecule is COC(=O)N[C@H](C(=O)N1CCC[C@H]1C1=NCC(c2ccc3c(c2)Cc2ccc(-c4cnc([C@@H]5CCCN5C(=O)[C@@H](NC(=O)OC)C(C)C)[nH]4)cc2O3)N1)C(C)C. The van der Waals surface area contributed by atoms with Crippen molar-refractivity contribution in [3.05, 3.63) is 65.1 Å². The molecular weight excluding hydrogens is 716 g/mol. The normalized spacial score (nSPS) is 21.1. The Balaban J connectivity index is 0.999. The van der Waals surface area contributed by atoms with Crippen LogP contribution in [0.2, 0.25) is 0 Å². The summed E-state index contributed by atoms with van der Waals surface area (Å²) in [5, 5.41) is 9.02. The van der Waals surface area contributed by atoms with E-state index in [0.29, 0.717) is 31.9 Å². The predicted octanol–water partition coefficient (Wildman–Crippen LogP) is 5.23. The molecule has 4 aliphatic heterocycles. The van der Waals surface area contributed by atoms with Crippen LogP contribution in [0.3, 0.4) is 0 Å². The average Bonchev–Trinajstić information content (AvgIpc) is 4.03. The van der Waals surface area contributed by atoms with Crippen molar-refractivity contribution in [1.82, 2.24) is 35.7 Å². The van der Waals surface area contributed by atoms with Gasteiger partial charge in [-0.2, -0.15) is 0 Å². The van der Waals surface area contributed by atoms with Gasteiger partial charge in [-0.15, -0.1) is 0 Å². The van der Waals surface area contributed by atoms with Crippen LogP contribution >= 0.6 is 0 Å². The van der Waals surface area contributed by atoms with Crippen molar-refractivity contribution in [2.45, 2.75) is 90.0 Å². The number of methoxy groups -OCH3 is 2. The molecule has 56 heavy (non-hydrogen) atoms. The minimum Gasteiger partial charge on any atom is -0.457 e. The van der Waals surface area contributed by atoms with E-state index in [1.807, 2.05) is 44.7 Å². The van der Waals surface area contributed by atoms with Gasteiger partial charge in [-0.25, -0.2) is 14.6 Å². The fourth-order valence-electron chi connectivity index (χ4n) is 8.23. The highest BCUT2D eigenvalue weighted by molar-refractivity contribution is 5.95. The number of aliphatic imine (C=N–C) groups is 1. The molecule has 0 aliphatic carbocycles. The second-order valence-electron chi connectivity index (χ2n) is 15.7. The third-order valence-corrected chi connectivity index (χ3v) is 11.3. The molecule has 2 fully saturated rings. The molecule has 1 aromatic heterocycles. The first-order chi connectivity index (χ1) is 26.9. The zero-order chi connectivity index (χ0) is 39.7. The number of alkyl carbamates (subject to hydrolysis) is 2. The Morgan fingerprint density at radius 2 is 1.46 bits per heavy atom. The number of rotatable bonds is 10. The number of fused-ring (bicyclic) bond motifs is 2. The van der Waals surface area contributed by atoms with Crippen LogP contribution in [-0.2, 0) is 25.5 Å². The van der Waals surface area contributed by atoms with E-state index in [1.165, 1.54) is 14.2 Å². The maximum Gasteiger partial charge on any atom is 0.407 e. The topological polar surface area (TPSA) is 180 Å². The van der Waals surface area contributed by atoms with Crippen LogP contribution < -0.4 is 20.7 Å². The molecule has 5 heterocycles. The summed E-state index contributed by atoms with van der Waals surface area (Å²) in [7, 11) is 2.58. The summed E-state index contributed by atoms with van der Waals surface area (Å²) in [4.78, 5) is 67.8. The summed E-state index contributed by atoms with van der Waals surface area (Å²) in [5.74, 6) is 2.60. The number of aromatic nitrogens is 2. The second-order valence-corrected chi connectivity index (χ2v) is 15.7. The highest BCUT2D eigenvalue weighted by Gasteiger charge is 2.40. The lowest BCUT2D eigenvalue weighted by Gasteiger charge is -2.31. The number of imidazole rings is 1. The predicted molar refractivity (Wildman–Crippen MR) is 208 cm³/mol. The number of carbonyl (C=O) groups excluding carboxylic acids is 4. The Morgan fingerprint density at radius 3 is 2.11 bits per heavy atom. The highest BCUT2D eigenvalue weighted by Crippen LogP contribution is 2.40. The fourth-order valence-corrected chi connectivity index (χ4v) is 8.23. The molecule has 7 rings (SSSR count). The molecule has 298 valence electrons. The number of hydrogen-bond donors (Lipinski definition) is 4. The molecule has 3 aromatic rings. The molecule has 0 saturated carbocycles. The number of nitrogens with zero attached hydrogens (tertiary/aromatic N) is 4. The van der Waals surface area contributed by atoms with E-state index < -0.39 is 24.3 Å². The van der Waals surface area contributed by atoms with E-state index >= 15 is 0 Å². The zero-order valence-corrected chi connectivity index (χ0v) is 32.9. The summed E-state index contributed by atoms with van der Waals surface area (Å²) >= 11 is 0. The number of carbonyl (C=O) groups is 4. The zero-order valence-electron chi connectivity index (χ0n) is 32.9. The average molecular weight is 769 g/mol. The molecule has 4 amide bonds. The van der Waals surface area contributed by atoms with Crippen LogP contribution in [0, 0.1) is 11.8 Å². The van der Waals surface area contributed by atoms with Gasteiger partial charge >= 0.3 is 12.2 Å². The molecule has 0 spiro atoms. The van der Waals surface area contributed by atoms with Gasteiger partial charge in [0.15, 0.2) is 0 Å². The van der Waals surface area contributed by atoms with Gasteiger partial charge in [-0.05, 0) is 72.4 Å². The number of amides is 4. The second kappa shape index (κ2) is 16.2. The molecule has 15 nitrogen and oxygen atoms in total. The van der Waals surface area contributed by atoms with Gasteiger partial charge < -0.3 is 44.9 Å². The summed E-state index contributed by atoms with van der Waals surface area (Å²) < 4.78 is 16.0. The van der Waals surface area contributed by atoms with Crippen LogP contribution in [0.25, 0.3) is 11.3 Å². The lowest BCUT2D eigenvalue weighted by Crippen LogP contribution is -2.54. The van der Waals surface area contributed by atoms with Gasteiger partial charge in [0.05, 0.1) is 50.8 Å². The quantitative estimate of drug-likeness (QED) is 0.168. The number of aromatic amines is 1. The highest BCUT2D eigenvalue weighted by atomic mass is 16.5. The van der Waals surface area contributed by atoms with Gasteiger partial charge in [-0.3, -0.25) is 14.6 Å². The molecule has 2 aromatic carbocycles. The van der Waals surface area contributed by atoms with Gasteiger partial charge in [0, 0.05) is 25.1 Å². The maximum absolute atomic E-state index is 13.6. The molecule has 5 atom stereocenters. The number of hydrogen-bond acceptors (Lipinski definition) is 10. The lowest BCUT2D eigenvalue weighted by atomic mass is 9.95. The Hall–Kier alpha value is -5.60. The van der Waals surface area contributed by atoms with Gasteiger partial charge in [-0.1, -0.05) is 45.9 Å². The van der Waals surface area contributed by atoms with E-state index in [9.17, 15) is 19.2 Å². The first-order valence-corrected chi connectivity index (χ1v) is 19.5. The number of ether oxygens (including phenoxy) is 3. The smallest absolute Gasteiger partial charge is 0.407 e. The molecule has 4 N–H and O–H groups in total. The molecule has 0 radical (unpaired) electrons. The maximum atomic E-state index is 13.6. The minimum absolute atomic E-state index is 0.0354. The summed E-state index contributed by atoms with van der Waals surface area (Å²) in [6.45, 7) is 9.36. The minimum atomic E-state index is -0.698. The number of amidine groups is 1. The van der Waals surface area contributed by atoms with Crippen molar-refractivity contribution in [3.63, 3.8) is 0 Å². The van der Waals surface area contributed by atoms with Crippen LogP contribution in [0.5, 0.6) is 11.5 Å². The lowest BCUT2D eigenvalue weighted by molar-refractivity contribution is -0.135. The molecule has 4 aliphatic rings. The largest absolute Gasteiger partial charge is 0.457 e. The van der Waals surface area contributed by atoms with Crippen LogP contribution in [-0.4, -0.2) is 102 Å². The van der Waals surface area contributed by atoms with E-state index in [4.69, 9.17) is 24.2 Å². The first-order valence-electron chi connectivity index (χ1n) is 19.5. The van der Waals surface area contributed by atoms with E-state index in [0.717, 1.165) is 71.0 Å². The van der Waals surface area contributed by atoms with Crippen molar-refractivity contribution in [1.29, 1.82) is 0 Å². The third kappa shape index (κ3) is 7.76. The number of likely N-dealkylation sites (tertiary alicyclic amines) is 2. The van der Waals surface area contributed by atoms with E-state index in [1.54, 1.807) is 11.1 Å². The Morgan fingerprint density at radius 1 is 0.821 bits per heavy atom. The van der Waals surface area contributed by atoms with Crippen LogP contribution in [0.1, 0.15) is 88.0 Å². The van der Waals surface area contributed by atoms with E-state index in [2.05, 4.69) is 45.2 Å². The number of nitrogens with one attached hydrogen (secondary N) is 4. The third-order valence-electron chi connectivity index (χ3n) is 11.3. The van der Waals surface area contributed by atoms with E-state index in [-0.39, 0.29) is 41.8 Å². The summed E-state index contributed by atoms with van der Waals surface area (Å²) in [6.07, 6.45) is 4.52. The Kier molecular flexibility index (Phi) is 11.2. The van der Waals surface area contributed by atoms with Crippen molar-refractivity contribution in [2.75, 3.05) is 33.9 Å². The monoisotopic (exact) mass is 768 g/mol. The summed E-state index contributed by atoms with van der Waals surface area (Å²) in [5.41, 5.74) is 5.00.